The summed E-state index contributed by atoms with van der Waals surface area (Å²) in [5.41, 5.74) is 0.357. The number of imidazole rings is 1. The topological polar surface area (TPSA) is 100 Å². The predicted molar refractivity (Wildman–Crippen MR) is 109 cm³/mol. The third kappa shape index (κ3) is 3.80. The van der Waals surface area contributed by atoms with E-state index in [9.17, 15) is 14.4 Å². The van der Waals surface area contributed by atoms with Gasteiger partial charge in [-0.15, -0.1) is 0 Å². The van der Waals surface area contributed by atoms with Crippen LogP contribution in [-0.4, -0.2) is 31.7 Å². The zero-order chi connectivity index (χ0) is 21.3. The van der Waals surface area contributed by atoms with Crippen molar-refractivity contribution in [2.24, 2.45) is 20.0 Å². The Morgan fingerprint density at radius 2 is 1.83 bits per heavy atom. The highest BCUT2D eigenvalue weighted by Gasteiger charge is 2.21. The van der Waals surface area contributed by atoms with Crippen molar-refractivity contribution in [1.82, 2.24) is 24.0 Å². The molecule has 3 aromatic rings. The number of carbonyl (C=O) groups is 1. The summed E-state index contributed by atoms with van der Waals surface area (Å²) in [6.45, 7) is 3.61. The van der Waals surface area contributed by atoms with Crippen LogP contribution in [0.4, 0.5) is 0 Å². The molecule has 1 atom stereocenters. The minimum absolute atomic E-state index is 0.103. The smallest absolute Gasteiger partial charge is 0.332 e. The average Bonchev–Trinajstić information content (AvgIpc) is 3.09. The molecule has 1 N–H and O–H groups in total. The Hall–Kier alpha value is -3.36. The van der Waals surface area contributed by atoms with E-state index in [-0.39, 0.29) is 29.7 Å². The van der Waals surface area contributed by atoms with Crippen LogP contribution >= 0.6 is 0 Å². The number of aryl methyl sites for hydroxylation is 2. The number of hydrogen-bond acceptors (Lipinski definition) is 5. The standard InChI is InChI=1S/C20H25N5O4/c1-12(2)16(13-6-8-14(29-5)9-7-13)22-15(26)10-25-19(27)17-18(21-11-23(17)3)24(4)20(25)28/h6-9,11-12,16H,10H2,1-5H3,(H,22,26)/t16-/m1/s1. The maximum Gasteiger partial charge on any atom is 0.332 e. The van der Waals surface area contributed by atoms with Gasteiger partial charge < -0.3 is 14.6 Å². The number of methoxy groups -OCH3 is 1. The summed E-state index contributed by atoms with van der Waals surface area (Å²) < 4.78 is 8.92. The van der Waals surface area contributed by atoms with Crippen molar-refractivity contribution in [1.29, 1.82) is 0 Å². The normalized spacial score (nSPS) is 12.3. The summed E-state index contributed by atoms with van der Waals surface area (Å²) in [7, 11) is 4.79. The predicted octanol–water partition coefficient (Wildman–Crippen LogP) is 0.956. The maximum atomic E-state index is 12.8. The van der Waals surface area contributed by atoms with E-state index < -0.39 is 17.2 Å². The third-order valence-electron chi connectivity index (χ3n) is 4.96. The molecule has 1 amide bonds. The number of hydrogen-bond donors (Lipinski definition) is 1. The molecule has 154 valence electrons. The van der Waals surface area contributed by atoms with E-state index in [2.05, 4.69) is 10.3 Å². The molecule has 0 fully saturated rings. The fourth-order valence-corrected chi connectivity index (χ4v) is 3.34. The van der Waals surface area contributed by atoms with Gasteiger partial charge in [0, 0.05) is 14.1 Å². The van der Waals surface area contributed by atoms with E-state index in [0.29, 0.717) is 0 Å². The zero-order valence-electron chi connectivity index (χ0n) is 17.2. The molecule has 0 aliphatic heterocycles. The number of fused-ring (bicyclic) bond motifs is 1. The number of amides is 1. The second-order valence-electron chi connectivity index (χ2n) is 7.32. The zero-order valence-corrected chi connectivity index (χ0v) is 17.2. The quantitative estimate of drug-likeness (QED) is 0.665. The highest BCUT2D eigenvalue weighted by Crippen LogP contribution is 2.23. The first-order chi connectivity index (χ1) is 13.7. The van der Waals surface area contributed by atoms with Gasteiger partial charge in [0.15, 0.2) is 11.2 Å². The van der Waals surface area contributed by atoms with E-state index in [1.165, 1.54) is 17.9 Å². The van der Waals surface area contributed by atoms with Crippen molar-refractivity contribution in [3.05, 3.63) is 57.0 Å². The highest BCUT2D eigenvalue weighted by atomic mass is 16.5. The lowest BCUT2D eigenvalue weighted by molar-refractivity contribution is -0.122. The van der Waals surface area contributed by atoms with Crippen LogP contribution in [0.5, 0.6) is 5.75 Å². The number of rotatable bonds is 6. The van der Waals surface area contributed by atoms with Gasteiger partial charge >= 0.3 is 5.69 Å². The lowest BCUT2D eigenvalue weighted by Gasteiger charge is -2.23. The Labute approximate surface area is 167 Å². The molecule has 9 nitrogen and oxygen atoms in total. The first-order valence-corrected chi connectivity index (χ1v) is 9.28. The summed E-state index contributed by atoms with van der Waals surface area (Å²) in [6.07, 6.45) is 1.47. The molecule has 0 bridgehead atoms. The fourth-order valence-electron chi connectivity index (χ4n) is 3.34. The molecule has 0 spiro atoms. The van der Waals surface area contributed by atoms with Crippen LogP contribution in [0, 0.1) is 5.92 Å². The van der Waals surface area contributed by atoms with Crippen molar-refractivity contribution in [3.63, 3.8) is 0 Å². The van der Waals surface area contributed by atoms with Gasteiger partial charge in [-0.1, -0.05) is 26.0 Å². The second kappa shape index (κ2) is 7.94. The molecule has 3 rings (SSSR count). The van der Waals surface area contributed by atoms with Crippen molar-refractivity contribution < 1.29 is 9.53 Å². The molecule has 9 heteroatoms. The van der Waals surface area contributed by atoms with Crippen LogP contribution in [0.15, 0.2) is 40.2 Å². The molecule has 1 aromatic carbocycles. The Bertz CT molecular complexity index is 1150. The van der Waals surface area contributed by atoms with Gasteiger partial charge in [0.05, 0.1) is 19.5 Å². The van der Waals surface area contributed by atoms with Crippen LogP contribution in [0.3, 0.4) is 0 Å². The van der Waals surface area contributed by atoms with Crippen LogP contribution in [0.25, 0.3) is 11.2 Å². The molecule has 2 heterocycles. The Morgan fingerprint density at radius 3 is 2.41 bits per heavy atom. The lowest BCUT2D eigenvalue weighted by Crippen LogP contribution is -2.44. The van der Waals surface area contributed by atoms with E-state index in [1.54, 1.807) is 18.7 Å². The van der Waals surface area contributed by atoms with Crippen LogP contribution in [0.2, 0.25) is 0 Å². The van der Waals surface area contributed by atoms with Gasteiger partial charge in [-0.2, -0.15) is 0 Å². The van der Waals surface area contributed by atoms with Gasteiger partial charge in [0.25, 0.3) is 5.56 Å². The molecular formula is C20H25N5O4. The molecule has 0 saturated carbocycles. The van der Waals surface area contributed by atoms with Crippen molar-refractivity contribution >= 4 is 17.1 Å². The van der Waals surface area contributed by atoms with E-state index >= 15 is 0 Å². The summed E-state index contributed by atoms with van der Waals surface area (Å²) >= 11 is 0. The lowest BCUT2D eigenvalue weighted by atomic mass is 9.96. The summed E-state index contributed by atoms with van der Waals surface area (Å²) in [6, 6.07) is 7.15. The van der Waals surface area contributed by atoms with Gasteiger partial charge in [-0.25, -0.2) is 14.3 Å². The highest BCUT2D eigenvalue weighted by molar-refractivity contribution is 5.77. The second-order valence-corrected chi connectivity index (χ2v) is 7.32. The molecule has 2 aromatic heterocycles. The van der Waals surface area contributed by atoms with Gasteiger partial charge in [-0.3, -0.25) is 14.2 Å². The minimum Gasteiger partial charge on any atom is -0.497 e. The van der Waals surface area contributed by atoms with E-state index in [0.717, 1.165) is 15.9 Å². The van der Waals surface area contributed by atoms with Gasteiger partial charge in [-0.05, 0) is 23.6 Å². The summed E-state index contributed by atoms with van der Waals surface area (Å²) in [4.78, 5) is 42.2. The molecular weight excluding hydrogens is 374 g/mol. The maximum absolute atomic E-state index is 12.8. The third-order valence-corrected chi connectivity index (χ3v) is 4.96. The minimum atomic E-state index is -0.582. The molecule has 0 saturated heterocycles. The fraction of sp³-hybridized carbons (Fsp3) is 0.400. The van der Waals surface area contributed by atoms with Crippen molar-refractivity contribution in [3.8, 4) is 5.75 Å². The summed E-state index contributed by atoms with van der Waals surface area (Å²) in [5, 5.41) is 2.94. The molecule has 29 heavy (non-hydrogen) atoms. The van der Waals surface area contributed by atoms with Crippen LogP contribution in [0.1, 0.15) is 25.5 Å². The first-order valence-electron chi connectivity index (χ1n) is 9.28. The van der Waals surface area contributed by atoms with Crippen molar-refractivity contribution in [2.75, 3.05) is 7.11 Å². The number of benzene rings is 1. The number of ether oxygens (including phenoxy) is 1. The SMILES string of the molecule is COc1ccc([C@H](NC(=O)Cn2c(=O)c3c(ncn3C)n(C)c2=O)C(C)C)cc1. The van der Waals surface area contributed by atoms with Crippen LogP contribution in [-0.2, 0) is 25.4 Å². The average molecular weight is 399 g/mol. The molecule has 0 aliphatic carbocycles. The van der Waals surface area contributed by atoms with Crippen molar-refractivity contribution in [2.45, 2.75) is 26.4 Å². The van der Waals surface area contributed by atoms with Crippen LogP contribution < -0.4 is 21.3 Å². The number of nitrogens with one attached hydrogen (secondary N) is 1. The Morgan fingerprint density at radius 1 is 1.17 bits per heavy atom. The molecule has 0 radical (unpaired) electrons. The van der Waals surface area contributed by atoms with Gasteiger partial charge in [0.1, 0.15) is 12.3 Å². The number of nitrogens with zero attached hydrogens (tertiary/aromatic N) is 4. The monoisotopic (exact) mass is 399 g/mol. The van der Waals surface area contributed by atoms with E-state index in [1.807, 2.05) is 38.1 Å². The Kier molecular flexibility index (Phi) is 5.58. The number of aromatic nitrogens is 4. The largest absolute Gasteiger partial charge is 0.497 e. The molecule has 0 aliphatic rings. The van der Waals surface area contributed by atoms with Gasteiger partial charge in [0.2, 0.25) is 5.91 Å². The van der Waals surface area contributed by atoms with E-state index in [4.69, 9.17) is 4.74 Å². The number of carbonyl (C=O) groups excluding carboxylic acids is 1. The first kappa shape index (κ1) is 20.4. The molecule has 0 unspecified atom stereocenters. The summed E-state index contributed by atoms with van der Waals surface area (Å²) in [5.74, 6) is 0.411. The Balaban J connectivity index is 1.90.